The van der Waals surface area contributed by atoms with Crippen LogP contribution in [0.3, 0.4) is 0 Å². The molecule has 1 aromatic carbocycles. The molecule has 0 bridgehead atoms. The Balaban J connectivity index is 2.05. The fourth-order valence-electron chi connectivity index (χ4n) is 2.00. The number of fused-ring (bicyclic) bond motifs is 1. The summed E-state index contributed by atoms with van der Waals surface area (Å²) in [5.41, 5.74) is 9.73. The molecule has 2 nitrogen and oxygen atoms in total. The van der Waals surface area contributed by atoms with Crippen LogP contribution in [0.2, 0.25) is 0 Å². The van der Waals surface area contributed by atoms with Crippen molar-refractivity contribution >= 4 is 0 Å². The van der Waals surface area contributed by atoms with E-state index in [1.165, 1.54) is 11.1 Å². The quantitative estimate of drug-likeness (QED) is 0.787. The van der Waals surface area contributed by atoms with E-state index >= 15 is 0 Å². The highest BCUT2D eigenvalue weighted by Crippen LogP contribution is 2.31. The van der Waals surface area contributed by atoms with Gasteiger partial charge in [-0.1, -0.05) is 19.6 Å². The van der Waals surface area contributed by atoms with Gasteiger partial charge >= 0.3 is 0 Å². The highest BCUT2D eigenvalue weighted by Gasteiger charge is 2.18. The lowest BCUT2D eigenvalue weighted by Crippen LogP contribution is -2.05. The van der Waals surface area contributed by atoms with E-state index in [0.717, 1.165) is 30.6 Å². The number of benzene rings is 1. The number of nitrogens with two attached hydrogens (primary N) is 1. The van der Waals surface area contributed by atoms with Crippen molar-refractivity contribution < 1.29 is 4.74 Å². The maximum absolute atomic E-state index is 5.99. The second kappa shape index (κ2) is 4.71. The molecule has 0 saturated carbocycles. The van der Waals surface area contributed by atoms with Crippen molar-refractivity contribution in [2.45, 2.75) is 32.2 Å². The van der Waals surface area contributed by atoms with Crippen molar-refractivity contribution in [1.29, 1.82) is 0 Å². The first-order valence-corrected chi connectivity index (χ1v) is 5.88. The average Bonchev–Trinajstić information content (AvgIpc) is 2.67. The number of hydrogen-bond donors (Lipinski definition) is 1. The molecule has 1 aliphatic rings. The zero-order valence-corrected chi connectivity index (χ0v) is 9.83. The van der Waals surface area contributed by atoms with Crippen LogP contribution in [0.5, 0.6) is 5.75 Å². The lowest BCUT2D eigenvalue weighted by atomic mass is 10.1. The molecule has 0 heterocycles. The first-order valence-electron chi connectivity index (χ1n) is 5.88. The van der Waals surface area contributed by atoms with Crippen molar-refractivity contribution in [1.82, 2.24) is 0 Å². The van der Waals surface area contributed by atoms with Crippen molar-refractivity contribution in [3.05, 3.63) is 41.5 Å². The molecule has 0 spiro atoms. The Morgan fingerprint density at radius 1 is 1.56 bits per heavy atom. The number of aryl methyl sites for hydroxylation is 1. The summed E-state index contributed by atoms with van der Waals surface area (Å²) in [5.74, 6) is 0.933. The van der Waals surface area contributed by atoms with Crippen LogP contribution in [-0.4, -0.2) is 6.61 Å². The van der Waals surface area contributed by atoms with E-state index in [0.29, 0.717) is 6.61 Å². The largest absolute Gasteiger partial charge is 0.489 e. The van der Waals surface area contributed by atoms with Gasteiger partial charge in [0.1, 0.15) is 12.4 Å². The number of hydrogen-bond acceptors (Lipinski definition) is 2. The molecule has 0 aromatic heterocycles. The van der Waals surface area contributed by atoms with E-state index in [2.05, 4.69) is 25.6 Å². The summed E-state index contributed by atoms with van der Waals surface area (Å²) in [6.45, 7) is 6.63. The van der Waals surface area contributed by atoms with Gasteiger partial charge in [-0.2, -0.15) is 0 Å². The lowest BCUT2D eigenvalue weighted by Gasteiger charge is -2.09. The lowest BCUT2D eigenvalue weighted by molar-refractivity contribution is 0.349. The fourth-order valence-corrected chi connectivity index (χ4v) is 2.00. The Morgan fingerprint density at radius 3 is 3.12 bits per heavy atom. The molecule has 2 N–H and O–H groups in total. The highest BCUT2D eigenvalue weighted by molar-refractivity contribution is 5.40. The first-order chi connectivity index (χ1) is 7.70. The predicted octanol–water partition coefficient (Wildman–Crippen LogP) is 2.98. The van der Waals surface area contributed by atoms with Crippen LogP contribution >= 0.6 is 0 Å². The third-order valence-corrected chi connectivity index (χ3v) is 3.18. The zero-order valence-electron chi connectivity index (χ0n) is 9.83. The van der Waals surface area contributed by atoms with Crippen molar-refractivity contribution in [2.24, 2.45) is 5.73 Å². The molecule has 0 saturated heterocycles. The molecular weight excluding hydrogens is 198 g/mol. The molecule has 2 rings (SSSR count). The van der Waals surface area contributed by atoms with Gasteiger partial charge in [-0.05, 0) is 48.1 Å². The predicted molar refractivity (Wildman–Crippen MR) is 66.6 cm³/mol. The summed E-state index contributed by atoms with van der Waals surface area (Å²) in [5, 5.41) is 0. The van der Waals surface area contributed by atoms with E-state index in [1.54, 1.807) is 0 Å². The van der Waals surface area contributed by atoms with Crippen LogP contribution in [0.4, 0.5) is 0 Å². The molecule has 0 amide bonds. The minimum atomic E-state index is 0.217. The Morgan fingerprint density at radius 2 is 2.38 bits per heavy atom. The van der Waals surface area contributed by atoms with Crippen LogP contribution < -0.4 is 10.5 Å². The van der Waals surface area contributed by atoms with Crippen LogP contribution in [0.1, 0.15) is 36.9 Å². The Labute approximate surface area is 97.1 Å². The van der Waals surface area contributed by atoms with Crippen LogP contribution in [-0.2, 0) is 6.42 Å². The summed E-state index contributed by atoms with van der Waals surface area (Å²) >= 11 is 0. The molecule has 2 heteroatoms. The normalized spacial score (nSPS) is 18.2. The van der Waals surface area contributed by atoms with Gasteiger partial charge in [-0.25, -0.2) is 0 Å². The average molecular weight is 217 g/mol. The summed E-state index contributed by atoms with van der Waals surface area (Å²) < 4.78 is 5.68. The van der Waals surface area contributed by atoms with Crippen molar-refractivity contribution in [3.63, 3.8) is 0 Å². The summed E-state index contributed by atoms with van der Waals surface area (Å²) in [6, 6.07) is 6.43. The molecule has 1 aliphatic carbocycles. The first kappa shape index (κ1) is 11.2. The topological polar surface area (TPSA) is 35.2 Å². The van der Waals surface area contributed by atoms with E-state index in [1.807, 2.05) is 6.07 Å². The molecule has 1 aromatic rings. The molecular formula is C14H19NO. The maximum Gasteiger partial charge on any atom is 0.120 e. The maximum atomic E-state index is 5.99. The van der Waals surface area contributed by atoms with Gasteiger partial charge in [0.05, 0.1) is 0 Å². The van der Waals surface area contributed by atoms with Gasteiger partial charge in [-0.15, -0.1) is 0 Å². The van der Waals surface area contributed by atoms with Gasteiger partial charge in [0.2, 0.25) is 0 Å². The zero-order chi connectivity index (χ0) is 11.5. The van der Waals surface area contributed by atoms with Gasteiger partial charge in [0.25, 0.3) is 0 Å². The third-order valence-electron chi connectivity index (χ3n) is 3.18. The van der Waals surface area contributed by atoms with Crippen molar-refractivity contribution in [2.75, 3.05) is 6.61 Å². The molecule has 0 aliphatic heterocycles. The fraction of sp³-hybridized carbons (Fsp3) is 0.429. The molecule has 16 heavy (non-hydrogen) atoms. The minimum absolute atomic E-state index is 0.217. The molecule has 1 atom stereocenters. The SMILES string of the molecule is C=C(CC)COc1ccc2c(c1)CC[C@@H]2N. The van der Waals surface area contributed by atoms with Gasteiger partial charge in [0.15, 0.2) is 0 Å². The Bertz CT molecular complexity index is 398. The second-order valence-electron chi connectivity index (χ2n) is 4.40. The summed E-state index contributed by atoms with van der Waals surface area (Å²) in [7, 11) is 0. The summed E-state index contributed by atoms with van der Waals surface area (Å²) in [6.07, 6.45) is 3.10. The smallest absolute Gasteiger partial charge is 0.120 e. The van der Waals surface area contributed by atoms with Crippen molar-refractivity contribution in [3.8, 4) is 5.75 Å². The summed E-state index contributed by atoms with van der Waals surface area (Å²) in [4.78, 5) is 0. The van der Waals surface area contributed by atoms with Gasteiger partial charge in [0, 0.05) is 6.04 Å². The van der Waals surface area contributed by atoms with E-state index in [-0.39, 0.29) is 6.04 Å². The van der Waals surface area contributed by atoms with E-state index in [4.69, 9.17) is 10.5 Å². The molecule has 0 fully saturated rings. The van der Waals surface area contributed by atoms with Crippen LogP contribution in [0.25, 0.3) is 0 Å². The molecule has 0 radical (unpaired) electrons. The highest BCUT2D eigenvalue weighted by atomic mass is 16.5. The third kappa shape index (κ3) is 2.27. The van der Waals surface area contributed by atoms with Crippen LogP contribution in [0, 0.1) is 0 Å². The van der Waals surface area contributed by atoms with Gasteiger partial charge < -0.3 is 10.5 Å². The Hall–Kier alpha value is -1.28. The molecule has 86 valence electrons. The standard InChI is InChI=1S/C14H19NO/c1-3-10(2)9-16-12-5-6-13-11(8-12)4-7-14(13)15/h5-6,8,14H,2-4,7,9,15H2,1H3/t14-/m0/s1. The second-order valence-corrected chi connectivity index (χ2v) is 4.40. The monoisotopic (exact) mass is 217 g/mol. The van der Waals surface area contributed by atoms with E-state index in [9.17, 15) is 0 Å². The Kier molecular flexibility index (Phi) is 3.30. The van der Waals surface area contributed by atoms with E-state index < -0.39 is 0 Å². The number of rotatable bonds is 4. The van der Waals surface area contributed by atoms with Crippen LogP contribution in [0.15, 0.2) is 30.4 Å². The molecule has 0 unspecified atom stereocenters. The number of ether oxygens (including phenoxy) is 1. The van der Waals surface area contributed by atoms with Gasteiger partial charge in [-0.3, -0.25) is 0 Å². The minimum Gasteiger partial charge on any atom is -0.489 e.